The largest absolute Gasteiger partial charge is 0.457 e. The average Bonchev–Trinajstić information content (AvgIpc) is 3.21. The van der Waals surface area contributed by atoms with Crippen LogP contribution >= 0.6 is 0 Å². The first kappa shape index (κ1) is 19.6. The van der Waals surface area contributed by atoms with Gasteiger partial charge in [0.15, 0.2) is 0 Å². The number of nitro benzene ring substituents is 1. The van der Waals surface area contributed by atoms with E-state index in [1.807, 2.05) is 25.1 Å². The van der Waals surface area contributed by atoms with E-state index >= 15 is 0 Å². The number of benzene rings is 2. The van der Waals surface area contributed by atoms with Gasteiger partial charge >= 0.3 is 0 Å². The summed E-state index contributed by atoms with van der Waals surface area (Å²) in [7, 11) is 0. The Morgan fingerprint density at radius 2 is 1.83 bits per heavy atom. The molecule has 1 N–H and O–H groups in total. The van der Waals surface area contributed by atoms with Crippen molar-refractivity contribution in [2.75, 3.05) is 5.32 Å². The van der Waals surface area contributed by atoms with Crippen molar-refractivity contribution in [1.29, 1.82) is 5.26 Å². The summed E-state index contributed by atoms with van der Waals surface area (Å²) in [4.78, 5) is 22.6. The first-order chi connectivity index (χ1) is 14.0. The minimum Gasteiger partial charge on any atom is -0.457 e. The molecule has 0 atom stereocenters. The Morgan fingerprint density at radius 1 is 1.14 bits per heavy atom. The number of nitro groups is 1. The molecule has 0 aliphatic heterocycles. The summed E-state index contributed by atoms with van der Waals surface area (Å²) in [6.07, 6.45) is 2.25. The van der Waals surface area contributed by atoms with Crippen LogP contribution in [0.3, 0.4) is 0 Å². The number of carbonyl (C=O) groups excluding carboxylic acids is 1. The van der Waals surface area contributed by atoms with Crippen molar-refractivity contribution in [3.63, 3.8) is 0 Å². The van der Waals surface area contributed by atoms with Gasteiger partial charge in [-0.25, -0.2) is 0 Å². The zero-order valence-corrected chi connectivity index (χ0v) is 15.6. The lowest BCUT2D eigenvalue weighted by Gasteiger charge is -2.05. The van der Waals surface area contributed by atoms with Gasteiger partial charge in [-0.05, 0) is 48.4 Å². The second kappa shape index (κ2) is 8.67. The fourth-order valence-electron chi connectivity index (χ4n) is 2.65. The lowest BCUT2D eigenvalue weighted by atomic mass is 10.1. The van der Waals surface area contributed by atoms with Gasteiger partial charge in [-0.15, -0.1) is 0 Å². The van der Waals surface area contributed by atoms with E-state index < -0.39 is 10.8 Å². The number of rotatable bonds is 6. The molecule has 144 valence electrons. The van der Waals surface area contributed by atoms with Crippen molar-refractivity contribution >= 4 is 23.4 Å². The van der Waals surface area contributed by atoms with Crippen LogP contribution in [0.4, 0.5) is 11.4 Å². The summed E-state index contributed by atoms with van der Waals surface area (Å²) < 4.78 is 5.66. The zero-order valence-electron chi connectivity index (χ0n) is 15.6. The van der Waals surface area contributed by atoms with Crippen LogP contribution in [0, 0.1) is 21.4 Å². The molecular weight excluding hydrogens is 370 g/mol. The van der Waals surface area contributed by atoms with Gasteiger partial charge in [0.25, 0.3) is 11.6 Å². The number of non-ortho nitro benzene ring substituents is 1. The van der Waals surface area contributed by atoms with Gasteiger partial charge in [-0.2, -0.15) is 5.26 Å². The topological polar surface area (TPSA) is 109 Å². The molecule has 0 saturated carbocycles. The molecule has 2 aromatic carbocycles. The van der Waals surface area contributed by atoms with Crippen LogP contribution in [0.25, 0.3) is 17.4 Å². The van der Waals surface area contributed by atoms with E-state index in [-0.39, 0.29) is 11.3 Å². The molecule has 29 heavy (non-hydrogen) atoms. The van der Waals surface area contributed by atoms with Gasteiger partial charge in [-0.3, -0.25) is 14.9 Å². The lowest BCUT2D eigenvalue weighted by Crippen LogP contribution is -2.13. The molecule has 1 amide bonds. The standard InChI is InChI=1S/C22H17N3O4/c1-2-15-3-7-18(8-4-15)24-22(26)17(14-23)13-20-11-12-21(29-20)16-5-9-19(10-6-16)25(27)28/h3-13H,2H2,1H3,(H,24,26)/b17-13+. The Labute approximate surface area is 167 Å². The summed E-state index contributed by atoms with van der Waals surface area (Å²) in [5.41, 5.74) is 2.27. The van der Waals surface area contributed by atoms with E-state index in [0.29, 0.717) is 22.8 Å². The fourth-order valence-corrected chi connectivity index (χ4v) is 2.65. The highest BCUT2D eigenvalue weighted by Gasteiger charge is 2.12. The lowest BCUT2D eigenvalue weighted by molar-refractivity contribution is -0.384. The number of nitriles is 1. The molecule has 0 unspecified atom stereocenters. The maximum atomic E-state index is 12.4. The third kappa shape index (κ3) is 4.76. The van der Waals surface area contributed by atoms with E-state index in [9.17, 15) is 20.2 Å². The van der Waals surface area contributed by atoms with Crippen molar-refractivity contribution < 1.29 is 14.1 Å². The number of hydrogen-bond donors (Lipinski definition) is 1. The minimum atomic E-state index is -0.537. The third-order valence-electron chi connectivity index (χ3n) is 4.26. The van der Waals surface area contributed by atoms with Crippen LogP contribution in [-0.4, -0.2) is 10.8 Å². The third-order valence-corrected chi connectivity index (χ3v) is 4.26. The SMILES string of the molecule is CCc1ccc(NC(=O)/C(C#N)=C/c2ccc(-c3ccc([N+](=O)[O-])cc3)o2)cc1. The van der Waals surface area contributed by atoms with Gasteiger partial charge < -0.3 is 9.73 Å². The molecule has 0 saturated heterocycles. The molecule has 7 heteroatoms. The summed E-state index contributed by atoms with van der Waals surface area (Å²) in [6, 6.07) is 18.5. The number of hydrogen-bond acceptors (Lipinski definition) is 5. The summed E-state index contributed by atoms with van der Waals surface area (Å²) in [5, 5.41) is 22.8. The number of nitrogens with zero attached hydrogens (tertiary/aromatic N) is 2. The number of nitrogens with one attached hydrogen (secondary N) is 1. The summed E-state index contributed by atoms with van der Waals surface area (Å²) >= 11 is 0. The Morgan fingerprint density at radius 3 is 2.41 bits per heavy atom. The molecule has 1 aromatic heterocycles. The van der Waals surface area contributed by atoms with Crippen molar-refractivity contribution in [3.05, 3.63) is 87.7 Å². The van der Waals surface area contributed by atoms with Crippen LogP contribution in [0.15, 0.2) is 70.7 Å². The molecule has 3 aromatic rings. The second-order valence-electron chi connectivity index (χ2n) is 6.18. The normalized spacial score (nSPS) is 11.0. The molecule has 0 radical (unpaired) electrons. The van der Waals surface area contributed by atoms with E-state index in [1.54, 1.807) is 36.4 Å². The second-order valence-corrected chi connectivity index (χ2v) is 6.18. The summed E-state index contributed by atoms with van der Waals surface area (Å²) in [6.45, 7) is 2.04. The van der Waals surface area contributed by atoms with E-state index in [0.717, 1.165) is 12.0 Å². The van der Waals surface area contributed by atoms with E-state index in [4.69, 9.17) is 4.42 Å². The molecular formula is C22H17N3O4. The van der Waals surface area contributed by atoms with E-state index in [1.165, 1.54) is 18.2 Å². The minimum absolute atomic E-state index is 0.0177. The Kier molecular flexibility index (Phi) is 5.85. The highest BCUT2D eigenvalue weighted by molar-refractivity contribution is 6.09. The maximum Gasteiger partial charge on any atom is 0.269 e. The first-order valence-electron chi connectivity index (χ1n) is 8.87. The van der Waals surface area contributed by atoms with Crippen LogP contribution < -0.4 is 5.32 Å². The van der Waals surface area contributed by atoms with Crippen LogP contribution in [0.1, 0.15) is 18.2 Å². The molecule has 1 heterocycles. The van der Waals surface area contributed by atoms with Gasteiger partial charge in [0.2, 0.25) is 0 Å². The van der Waals surface area contributed by atoms with Crippen molar-refractivity contribution in [2.24, 2.45) is 0 Å². The molecule has 7 nitrogen and oxygen atoms in total. The Balaban J connectivity index is 1.76. The zero-order chi connectivity index (χ0) is 20.8. The smallest absolute Gasteiger partial charge is 0.269 e. The number of anilines is 1. The summed E-state index contributed by atoms with van der Waals surface area (Å²) in [5.74, 6) is 0.260. The molecule has 0 aliphatic carbocycles. The highest BCUT2D eigenvalue weighted by atomic mass is 16.6. The quantitative estimate of drug-likeness (QED) is 0.278. The number of carbonyl (C=O) groups is 1. The Bertz CT molecular complexity index is 1100. The van der Waals surface area contributed by atoms with Crippen LogP contribution in [0.5, 0.6) is 0 Å². The average molecular weight is 387 g/mol. The van der Waals surface area contributed by atoms with Crippen molar-refractivity contribution in [3.8, 4) is 17.4 Å². The maximum absolute atomic E-state index is 12.4. The Hall–Kier alpha value is -4.18. The molecule has 3 rings (SSSR count). The number of aryl methyl sites for hydroxylation is 1. The van der Waals surface area contributed by atoms with Crippen LogP contribution in [0.2, 0.25) is 0 Å². The monoisotopic (exact) mass is 387 g/mol. The fraction of sp³-hybridized carbons (Fsp3) is 0.0909. The number of furan rings is 1. The van der Waals surface area contributed by atoms with Gasteiger partial charge in [0.05, 0.1) is 4.92 Å². The highest BCUT2D eigenvalue weighted by Crippen LogP contribution is 2.25. The number of amides is 1. The van der Waals surface area contributed by atoms with Gasteiger partial charge in [-0.1, -0.05) is 19.1 Å². The van der Waals surface area contributed by atoms with Crippen molar-refractivity contribution in [2.45, 2.75) is 13.3 Å². The van der Waals surface area contributed by atoms with Crippen molar-refractivity contribution in [1.82, 2.24) is 0 Å². The molecule has 0 aliphatic rings. The molecule has 0 fully saturated rings. The molecule has 0 bridgehead atoms. The van der Waals surface area contributed by atoms with Gasteiger partial charge in [0, 0.05) is 29.5 Å². The predicted octanol–water partition coefficient (Wildman–Crippen LogP) is 4.96. The van der Waals surface area contributed by atoms with Crippen LogP contribution in [-0.2, 0) is 11.2 Å². The first-order valence-corrected chi connectivity index (χ1v) is 8.87. The van der Waals surface area contributed by atoms with Gasteiger partial charge in [0.1, 0.15) is 23.2 Å². The van der Waals surface area contributed by atoms with E-state index in [2.05, 4.69) is 5.32 Å². The molecule has 0 spiro atoms. The predicted molar refractivity (Wildman–Crippen MR) is 109 cm³/mol.